The normalized spacial score (nSPS) is 21.2. The Labute approximate surface area is 135 Å². The van der Waals surface area contributed by atoms with Gasteiger partial charge < -0.3 is 14.7 Å². The van der Waals surface area contributed by atoms with E-state index in [0.29, 0.717) is 22.3 Å². The molecule has 1 fully saturated rings. The van der Waals surface area contributed by atoms with Crippen LogP contribution in [0.15, 0.2) is 30.5 Å². The smallest absolute Gasteiger partial charge is 0.394 e. The van der Waals surface area contributed by atoms with Crippen LogP contribution in [0.1, 0.15) is 0 Å². The van der Waals surface area contributed by atoms with Crippen molar-refractivity contribution in [1.82, 2.24) is 4.98 Å². The predicted octanol–water partition coefficient (Wildman–Crippen LogP) is 2.94. The average molecular weight is 340 g/mol. The van der Waals surface area contributed by atoms with E-state index in [1.54, 1.807) is 24.3 Å². The highest BCUT2D eigenvalue weighted by Gasteiger charge is 2.52. The molecule has 1 saturated heterocycles. The molecule has 2 atom stereocenters. The van der Waals surface area contributed by atoms with Crippen LogP contribution in [0.4, 0.5) is 18.9 Å². The number of benzene rings is 1. The molecule has 1 aliphatic rings. The molecule has 0 unspecified atom stereocenters. The number of aromatic nitrogens is 1. The molecule has 0 saturated carbocycles. The number of anilines is 1. The van der Waals surface area contributed by atoms with Crippen LogP contribution < -0.4 is 9.64 Å². The van der Waals surface area contributed by atoms with Gasteiger partial charge in [-0.1, -0.05) is 12.1 Å². The fourth-order valence-electron chi connectivity index (χ4n) is 3.16. The lowest BCUT2D eigenvalue weighted by atomic mass is 9.96. The molecule has 3 rings (SSSR count). The lowest BCUT2D eigenvalue weighted by molar-refractivity contribution is -0.187. The molecule has 128 valence electrons. The standard InChI is InChI=1S/C16H15F3N2O3/c1-24-13-4-2-3-9-12(5-6-20-14(9)13)21-7-10(15(22)23)11(8-21)16(17,18)19/h2-6,10-11H,7-8H2,1H3,(H,22,23)/t10-,11-/m1/s1. The van der Waals surface area contributed by atoms with E-state index >= 15 is 0 Å². The van der Waals surface area contributed by atoms with E-state index in [2.05, 4.69) is 4.98 Å². The number of pyridine rings is 1. The molecular formula is C16H15F3N2O3. The van der Waals surface area contributed by atoms with Crippen molar-refractivity contribution < 1.29 is 27.8 Å². The minimum atomic E-state index is -4.56. The van der Waals surface area contributed by atoms with Crippen molar-refractivity contribution in [3.63, 3.8) is 0 Å². The van der Waals surface area contributed by atoms with E-state index in [-0.39, 0.29) is 6.54 Å². The van der Waals surface area contributed by atoms with Gasteiger partial charge in [-0.25, -0.2) is 0 Å². The summed E-state index contributed by atoms with van der Waals surface area (Å²) in [6, 6.07) is 6.76. The van der Waals surface area contributed by atoms with Crippen LogP contribution in [-0.4, -0.2) is 42.4 Å². The summed E-state index contributed by atoms with van der Waals surface area (Å²) in [5, 5.41) is 9.78. The summed E-state index contributed by atoms with van der Waals surface area (Å²) in [5.74, 6) is -4.31. The maximum atomic E-state index is 13.2. The van der Waals surface area contributed by atoms with E-state index in [1.807, 2.05) is 0 Å². The number of carboxylic acid groups (broad SMARTS) is 1. The van der Waals surface area contributed by atoms with Gasteiger partial charge in [-0.2, -0.15) is 13.2 Å². The molecule has 2 aromatic rings. The summed E-state index contributed by atoms with van der Waals surface area (Å²) < 4.78 is 44.7. The Morgan fingerprint density at radius 1 is 1.33 bits per heavy atom. The number of hydrogen-bond donors (Lipinski definition) is 1. The molecule has 1 aromatic carbocycles. The van der Waals surface area contributed by atoms with E-state index in [4.69, 9.17) is 9.84 Å². The summed E-state index contributed by atoms with van der Waals surface area (Å²) in [6.45, 7) is -0.591. The third-order valence-corrected chi connectivity index (χ3v) is 4.33. The SMILES string of the molecule is COc1cccc2c(N3C[C@@H](C(F)(F)F)[C@H](C(=O)O)C3)ccnc12. The number of carbonyl (C=O) groups is 1. The highest BCUT2D eigenvalue weighted by molar-refractivity contribution is 5.95. The molecule has 5 nitrogen and oxygen atoms in total. The lowest BCUT2D eigenvalue weighted by Gasteiger charge is -2.21. The largest absolute Gasteiger partial charge is 0.494 e. The van der Waals surface area contributed by atoms with Gasteiger partial charge in [0.2, 0.25) is 0 Å². The van der Waals surface area contributed by atoms with Gasteiger partial charge in [0.15, 0.2) is 0 Å². The number of para-hydroxylation sites is 1. The van der Waals surface area contributed by atoms with Crippen molar-refractivity contribution in [2.24, 2.45) is 11.8 Å². The van der Waals surface area contributed by atoms with Gasteiger partial charge in [0.05, 0.1) is 18.9 Å². The first kappa shape index (κ1) is 16.4. The van der Waals surface area contributed by atoms with Crippen molar-refractivity contribution >= 4 is 22.6 Å². The molecule has 0 aliphatic carbocycles. The number of methoxy groups -OCH3 is 1. The molecule has 0 bridgehead atoms. The highest BCUT2D eigenvalue weighted by atomic mass is 19.4. The molecule has 2 heterocycles. The topological polar surface area (TPSA) is 62.7 Å². The fraction of sp³-hybridized carbons (Fsp3) is 0.375. The maximum Gasteiger partial charge on any atom is 0.394 e. The number of fused-ring (bicyclic) bond motifs is 1. The van der Waals surface area contributed by atoms with Crippen LogP contribution in [0, 0.1) is 11.8 Å². The van der Waals surface area contributed by atoms with Crippen molar-refractivity contribution in [3.05, 3.63) is 30.5 Å². The molecule has 0 radical (unpaired) electrons. The molecule has 24 heavy (non-hydrogen) atoms. The Morgan fingerprint density at radius 3 is 2.67 bits per heavy atom. The first-order chi connectivity index (χ1) is 11.3. The first-order valence-electron chi connectivity index (χ1n) is 7.29. The zero-order valence-corrected chi connectivity index (χ0v) is 12.7. The molecule has 0 amide bonds. The van der Waals surface area contributed by atoms with Crippen LogP contribution in [0.5, 0.6) is 5.75 Å². The van der Waals surface area contributed by atoms with Gasteiger partial charge in [-0.3, -0.25) is 9.78 Å². The van der Waals surface area contributed by atoms with Crippen LogP contribution in [-0.2, 0) is 4.79 Å². The van der Waals surface area contributed by atoms with E-state index in [0.717, 1.165) is 0 Å². The minimum absolute atomic E-state index is 0.199. The fourth-order valence-corrected chi connectivity index (χ4v) is 3.16. The van der Waals surface area contributed by atoms with Crippen molar-refractivity contribution in [2.45, 2.75) is 6.18 Å². The maximum absolute atomic E-state index is 13.2. The summed E-state index contributed by atoms with van der Waals surface area (Å²) >= 11 is 0. The Balaban J connectivity index is 2.04. The van der Waals surface area contributed by atoms with Gasteiger partial charge in [-0.15, -0.1) is 0 Å². The number of halogens is 3. The second kappa shape index (κ2) is 5.85. The van der Waals surface area contributed by atoms with Crippen molar-refractivity contribution in [2.75, 3.05) is 25.1 Å². The third-order valence-electron chi connectivity index (χ3n) is 4.33. The second-order valence-corrected chi connectivity index (χ2v) is 5.68. The summed E-state index contributed by atoms with van der Waals surface area (Å²) in [5.41, 5.74) is 1.05. The predicted molar refractivity (Wildman–Crippen MR) is 81.2 cm³/mol. The summed E-state index contributed by atoms with van der Waals surface area (Å²) in [7, 11) is 1.49. The average Bonchev–Trinajstić information content (AvgIpc) is 2.99. The van der Waals surface area contributed by atoms with Gasteiger partial charge >= 0.3 is 12.1 Å². The molecule has 1 N–H and O–H groups in total. The number of rotatable bonds is 3. The zero-order valence-electron chi connectivity index (χ0n) is 12.7. The lowest BCUT2D eigenvalue weighted by Crippen LogP contribution is -2.33. The van der Waals surface area contributed by atoms with Crippen molar-refractivity contribution in [1.29, 1.82) is 0 Å². The first-order valence-corrected chi connectivity index (χ1v) is 7.29. The zero-order chi connectivity index (χ0) is 17.5. The number of aliphatic carboxylic acids is 1. The number of nitrogens with zero attached hydrogens (tertiary/aromatic N) is 2. The Hall–Kier alpha value is -2.51. The van der Waals surface area contributed by atoms with Gasteiger partial charge in [-0.05, 0) is 12.1 Å². The number of ether oxygens (including phenoxy) is 1. The molecular weight excluding hydrogens is 325 g/mol. The van der Waals surface area contributed by atoms with Gasteiger partial charge in [0.25, 0.3) is 0 Å². The molecule has 1 aliphatic heterocycles. The number of carboxylic acids is 1. The van der Waals surface area contributed by atoms with Crippen LogP contribution in [0.25, 0.3) is 10.9 Å². The van der Waals surface area contributed by atoms with E-state index in [1.165, 1.54) is 18.2 Å². The minimum Gasteiger partial charge on any atom is -0.494 e. The third kappa shape index (κ3) is 2.72. The molecule has 8 heteroatoms. The summed E-state index contributed by atoms with van der Waals surface area (Å²) in [4.78, 5) is 16.9. The van der Waals surface area contributed by atoms with E-state index < -0.39 is 30.5 Å². The number of alkyl halides is 3. The number of hydrogen-bond acceptors (Lipinski definition) is 4. The Kier molecular flexibility index (Phi) is 3.98. The second-order valence-electron chi connectivity index (χ2n) is 5.68. The van der Waals surface area contributed by atoms with Crippen LogP contribution in [0.2, 0.25) is 0 Å². The monoisotopic (exact) mass is 340 g/mol. The van der Waals surface area contributed by atoms with Crippen LogP contribution in [0.3, 0.4) is 0 Å². The van der Waals surface area contributed by atoms with Crippen molar-refractivity contribution in [3.8, 4) is 5.75 Å². The van der Waals surface area contributed by atoms with Crippen LogP contribution >= 0.6 is 0 Å². The van der Waals surface area contributed by atoms with E-state index in [9.17, 15) is 18.0 Å². The molecule has 0 spiro atoms. The van der Waals surface area contributed by atoms with Gasteiger partial charge in [0.1, 0.15) is 11.3 Å². The van der Waals surface area contributed by atoms with Gasteiger partial charge in [0, 0.05) is 30.4 Å². The summed E-state index contributed by atoms with van der Waals surface area (Å²) in [6.07, 6.45) is -3.07. The molecule has 1 aromatic heterocycles. The quantitative estimate of drug-likeness (QED) is 0.931. The highest BCUT2D eigenvalue weighted by Crippen LogP contribution is 2.41. The Morgan fingerprint density at radius 2 is 2.08 bits per heavy atom. The Bertz CT molecular complexity index is 779.